The second-order valence-corrected chi connectivity index (χ2v) is 9.02. The van der Waals surface area contributed by atoms with E-state index in [0.29, 0.717) is 26.2 Å². The number of nitrogens with one attached hydrogen (secondary N) is 3. The van der Waals surface area contributed by atoms with Gasteiger partial charge in [-0.3, -0.25) is 15.5 Å². The molecule has 0 spiro atoms. The van der Waals surface area contributed by atoms with Crippen molar-refractivity contribution >= 4 is 44.9 Å². The zero-order chi connectivity index (χ0) is 21.9. The molecule has 1 amide bonds. The molecule has 0 aliphatic carbocycles. The summed E-state index contributed by atoms with van der Waals surface area (Å²) in [7, 11) is -2.92. The lowest BCUT2D eigenvalue weighted by atomic mass is 10.2. The normalized spacial score (nSPS) is 11.2. The molecule has 0 aliphatic heterocycles. The van der Waals surface area contributed by atoms with Crippen molar-refractivity contribution in [3.05, 3.63) is 10.8 Å². The minimum Gasteiger partial charge on any atom is -0.382 e. The van der Waals surface area contributed by atoms with Crippen LogP contribution in [0, 0.1) is 5.41 Å². The van der Waals surface area contributed by atoms with E-state index in [2.05, 4.69) is 20.6 Å². The SMILES string of the molecule is CS(=O)(=O)CCCOCCCCCCNC(=N)NC(=O)c1nc(Cl)c(N)nc1N. The Balaban J connectivity index is 2.10. The van der Waals surface area contributed by atoms with Crippen LogP contribution in [0.25, 0.3) is 0 Å². The summed E-state index contributed by atoms with van der Waals surface area (Å²) in [6, 6.07) is 0. The van der Waals surface area contributed by atoms with Crippen molar-refractivity contribution in [2.75, 3.05) is 43.2 Å². The average Bonchev–Trinajstić information content (AvgIpc) is 2.61. The number of carbonyl (C=O) groups excluding carboxylic acids is 1. The van der Waals surface area contributed by atoms with Gasteiger partial charge in [-0.2, -0.15) is 0 Å². The number of rotatable bonds is 12. The highest BCUT2D eigenvalue weighted by Crippen LogP contribution is 2.17. The Morgan fingerprint density at radius 1 is 1.10 bits per heavy atom. The maximum atomic E-state index is 12.1. The number of aromatic nitrogens is 2. The van der Waals surface area contributed by atoms with Gasteiger partial charge in [0.15, 0.2) is 28.4 Å². The zero-order valence-electron chi connectivity index (χ0n) is 16.3. The molecule has 1 aromatic heterocycles. The van der Waals surface area contributed by atoms with Crippen LogP contribution in [0.5, 0.6) is 0 Å². The number of unbranched alkanes of at least 4 members (excludes halogenated alkanes) is 3. The quantitative estimate of drug-likeness (QED) is 0.172. The molecule has 1 heterocycles. The highest BCUT2D eigenvalue weighted by molar-refractivity contribution is 7.90. The van der Waals surface area contributed by atoms with Gasteiger partial charge in [-0.25, -0.2) is 18.4 Å². The number of hydrogen-bond donors (Lipinski definition) is 5. The van der Waals surface area contributed by atoms with Crippen LogP contribution in [0.1, 0.15) is 42.6 Å². The van der Waals surface area contributed by atoms with Gasteiger partial charge in [0.05, 0.1) is 5.75 Å². The predicted octanol–water partition coefficient (Wildman–Crippen LogP) is 0.560. The van der Waals surface area contributed by atoms with Gasteiger partial charge in [0.2, 0.25) is 0 Å². The summed E-state index contributed by atoms with van der Waals surface area (Å²) < 4.78 is 27.3. The molecule has 0 aromatic carbocycles. The van der Waals surface area contributed by atoms with E-state index < -0.39 is 15.7 Å². The van der Waals surface area contributed by atoms with Gasteiger partial charge < -0.3 is 21.5 Å². The Morgan fingerprint density at radius 2 is 1.76 bits per heavy atom. The smallest absolute Gasteiger partial charge is 0.280 e. The van der Waals surface area contributed by atoms with E-state index in [1.807, 2.05) is 0 Å². The van der Waals surface area contributed by atoms with Crippen molar-refractivity contribution < 1.29 is 17.9 Å². The van der Waals surface area contributed by atoms with E-state index in [9.17, 15) is 13.2 Å². The summed E-state index contributed by atoms with van der Waals surface area (Å²) in [5, 5.41) is 12.7. The van der Waals surface area contributed by atoms with Crippen molar-refractivity contribution in [3.8, 4) is 0 Å². The Kier molecular flexibility index (Phi) is 10.6. The van der Waals surface area contributed by atoms with Gasteiger partial charge in [-0.15, -0.1) is 0 Å². The first-order valence-corrected chi connectivity index (χ1v) is 11.5. The fraction of sp³-hybridized carbons (Fsp3) is 0.625. The van der Waals surface area contributed by atoms with Crippen LogP contribution in [0.2, 0.25) is 5.15 Å². The number of nitrogens with two attached hydrogens (primary N) is 2. The number of sulfone groups is 1. The first-order chi connectivity index (χ1) is 13.6. The van der Waals surface area contributed by atoms with E-state index >= 15 is 0 Å². The van der Waals surface area contributed by atoms with E-state index in [1.54, 1.807) is 0 Å². The molecule has 1 aromatic rings. The summed E-state index contributed by atoms with van der Waals surface area (Å²) in [4.78, 5) is 19.5. The van der Waals surface area contributed by atoms with Gasteiger partial charge in [0, 0.05) is 26.0 Å². The first-order valence-electron chi connectivity index (χ1n) is 9.08. The summed E-state index contributed by atoms with van der Waals surface area (Å²) in [5.74, 6) is -0.990. The summed E-state index contributed by atoms with van der Waals surface area (Å²) in [6.45, 7) is 1.55. The molecule has 7 N–H and O–H groups in total. The molecule has 13 heteroatoms. The molecule has 0 fully saturated rings. The minimum atomic E-state index is -2.92. The van der Waals surface area contributed by atoms with E-state index in [1.165, 1.54) is 6.26 Å². The molecule has 29 heavy (non-hydrogen) atoms. The topological polar surface area (TPSA) is 186 Å². The third-order valence-corrected chi connectivity index (χ3v) is 4.99. The highest BCUT2D eigenvalue weighted by atomic mass is 35.5. The number of amides is 1. The summed E-state index contributed by atoms with van der Waals surface area (Å²) in [6.07, 6.45) is 5.28. The Morgan fingerprint density at radius 3 is 2.45 bits per heavy atom. The predicted molar refractivity (Wildman–Crippen MR) is 113 cm³/mol. The lowest BCUT2D eigenvalue weighted by molar-refractivity contribution is 0.0971. The number of carbonyl (C=O) groups is 1. The fourth-order valence-electron chi connectivity index (χ4n) is 2.25. The molecule has 11 nitrogen and oxygen atoms in total. The van der Waals surface area contributed by atoms with Crippen molar-refractivity contribution in [1.82, 2.24) is 20.6 Å². The summed E-state index contributed by atoms with van der Waals surface area (Å²) >= 11 is 5.73. The number of anilines is 2. The number of guanidine groups is 1. The molecule has 0 saturated heterocycles. The molecule has 0 radical (unpaired) electrons. The maximum absolute atomic E-state index is 12.1. The Bertz CT molecular complexity index is 805. The first kappa shape index (κ1) is 24.9. The molecule has 0 saturated carbocycles. The van der Waals surface area contributed by atoms with Gasteiger partial charge >= 0.3 is 0 Å². The number of hydrogen-bond acceptors (Lipinski definition) is 9. The second-order valence-electron chi connectivity index (χ2n) is 6.40. The maximum Gasteiger partial charge on any atom is 0.280 e. The van der Waals surface area contributed by atoms with Gasteiger partial charge in [0.1, 0.15) is 9.84 Å². The van der Waals surface area contributed by atoms with E-state index in [4.69, 9.17) is 33.2 Å². The number of ether oxygens (including phenoxy) is 1. The van der Waals surface area contributed by atoms with Crippen LogP contribution in [-0.4, -0.2) is 62.0 Å². The number of nitrogens with zero attached hydrogens (tertiary/aromatic N) is 2. The molecule has 164 valence electrons. The monoisotopic (exact) mass is 449 g/mol. The molecule has 0 bridgehead atoms. The van der Waals surface area contributed by atoms with Crippen LogP contribution in [0.15, 0.2) is 0 Å². The minimum absolute atomic E-state index is 0.0757. The van der Waals surface area contributed by atoms with Crippen LogP contribution in [-0.2, 0) is 14.6 Å². The summed E-state index contributed by atoms with van der Waals surface area (Å²) in [5.41, 5.74) is 10.8. The highest BCUT2D eigenvalue weighted by Gasteiger charge is 2.16. The van der Waals surface area contributed by atoms with Crippen molar-refractivity contribution in [1.29, 1.82) is 5.41 Å². The van der Waals surface area contributed by atoms with Gasteiger partial charge in [-0.1, -0.05) is 24.4 Å². The molecule has 0 atom stereocenters. The Hall–Kier alpha value is -2.18. The van der Waals surface area contributed by atoms with Crippen LogP contribution in [0.3, 0.4) is 0 Å². The lowest BCUT2D eigenvalue weighted by Crippen LogP contribution is -2.41. The second kappa shape index (κ2) is 12.4. The standard InChI is InChI=1S/C16H28ClN7O4S/c1-29(26,27)10-6-9-28-8-5-3-2-4-7-21-16(20)24-15(25)11-13(18)23-14(19)12(17)22-11/h2-10H2,1H3,(H4,18,19,23)(H3,20,21,24,25). The molecule has 0 unspecified atom stereocenters. The number of halogens is 1. The van der Waals surface area contributed by atoms with Gasteiger partial charge in [-0.05, 0) is 19.3 Å². The van der Waals surface area contributed by atoms with E-state index in [0.717, 1.165) is 25.7 Å². The Labute approximate surface area is 175 Å². The zero-order valence-corrected chi connectivity index (χ0v) is 17.9. The van der Waals surface area contributed by atoms with Crippen LogP contribution >= 0.6 is 11.6 Å². The fourth-order valence-corrected chi connectivity index (χ4v) is 3.02. The molecule has 0 aliphatic rings. The molecular formula is C16H28ClN7O4S. The third-order valence-electron chi connectivity index (χ3n) is 3.68. The van der Waals surface area contributed by atoms with Crippen molar-refractivity contribution in [2.45, 2.75) is 32.1 Å². The van der Waals surface area contributed by atoms with E-state index in [-0.39, 0.29) is 34.2 Å². The van der Waals surface area contributed by atoms with Crippen molar-refractivity contribution in [3.63, 3.8) is 0 Å². The lowest BCUT2D eigenvalue weighted by Gasteiger charge is -2.10. The van der Waals surface area contributed by atoms with Crippen LogP contribution < -0.4 is 22.1 Å². The number of nitrogen functional groups attached to an aromatic ring is 2. The molecular weight excluding hydrogens is 422 g/mol. The largest absolute Gasteiger partial charge is 0.382 e. The molecule has 1 rings (SSSR count). The average molecular weight is 450 g/mol. The van der Waals surface area contributed by atoms with Crippen molar-refractivity contribution in [2.24, 2.45) is 0 Å². The van der Waals surface area contributed by atoms with Gasteiger partial charge in [0.25, 0.3) is 5.91 Å². The van der Waals surface area contributed by atoms with Crippen LogP contribution in [0.4, 0.5) is 11.6 Å². The third kappa shape index (κ3) is 10.8.